The van der Waals surface area contributed by atoms with Gasteiger partial charge in [-0.3, -0.25) is 14.7 Å². The number of carbonyl (C=O) groups excluding carboxylic acids is 1. The van der Waals surface area contributed by atoms with Crippen LogP contribution in [0, 0.1) is 0 Å². The van der Waals surface area contributed by atoms with E-state index in [1.54, 1.807) is 0 Å². The Morgan fingerprint density at radius 2 is 2.04 bits per heavy atom. The van der Waals surface area contributed by atoms with E-state index < -0.39 is 0 Å². The number of benzene rings is 1. The Kier molecular flexibility index (Phi) is 5.77. The summed E-state index contributed by atoms with van der Waals surface area (Å²) in [5, 5.41) is 3.03. The third kappa shape index (κ3) is 4.71. The van der Waals surface area contributed by atoms with Crippen molar-refractivity contribution in [3.8, 4) is 11.3 Å². The van der Waals surface area contributed by atoms with Gasteiger partial charge in [-0.2, -0.15) is 0 Å². The van der Waals surface area contributed by atoms with Gasteiger partial charge in [-0.15, -0.1) is 0 Å². The Bertz CT molecular complexity index is 766. The molecule has 1 aromatic carbocycles. The molecule has 2 aliphatic heterocycles. The van der Waals surface area contributed by atoms with Crippen molar-refractivity contribution in [1.82, 2.24) is 15.2 Å². The zero-order chi connectivity index (χ0) is 18.5. The third-order valence-electron chi connectivity index (χ3n) is 5.02. The molecule has 0 spiro atoms. The van der Waals surface area contributed by atoms with E-state index in [1.165, 1.54) is 5.56 Å². The zero-order valence-corrected chi connectivity index (χ0v) is 15.4. The molecule has 6 nitrogen and oxygen atoms in total. The van der Waals surface area contributed by atoms with Gasteiger partial charge in [0.1, 0.15) is 0 Å². The molecule has 0 aliphatic carbocycles. The van der Waals surface area contributed by atoms with Crippen LogP contribution in [0.5, 0.6) is 0 Å². The van der Waals surface area contributed by atoms with Crippen LogP contribution in [0.3, 0.4) is 0 Å². The molecule has 1 N–H and O–H groups in total. The molecule has 27 heavy (non-hydrogen) atoms. The van der Waals surface area contributed by atoms with Gasteiger partial charge in [0.25, 0.3) is 5.91 Å². The van der Waals surface area contributed by atoms with Crippen molar-refractivity contribution in [1.29, 1.82) is 0 Å². The average Bonchev–Trinajstić information content (AvgIpc) is 3.22. The fourth-order valence-corrected chi connectivity index (χ4v) is 3.44. The first-order valence-corrected chi connectivity index (χ1v) is 9.52. The minimum absolute atomic E-state index is 0.0590. The summed E-state index contributed by atoms with van der Waals surface area (Å²) in [5.41, 5.74) is 3.66. The number of ether oxygens (including phenoxy) is 2. The van der Waals surface area contributed by atoms with Gasteiger partial charge in [0.2, 0.25) is 0 Å². The van der Waals surface area contributed by atoms with Crippen LogP contribution in [0.4, 0.5) is 0 Å². The topological polar surface area (TPSA) is 63.7 Å². The summed E-state index contributed by atoms with van der Waals surface area (Å²) in [4.78, 5) is 19.4. The Morgan fingerprint density at radius 1 is 1.15 bits per heavy atom. The molecule has 1 amide bonds. The predicted molar refractivity (Wildman–Crippen MR) is 102 cm³/mol. The molecule has 2 fully saturated rings. The van der Waals surface area contributed by atoms with Crippen molar-refractivity contribution in [3.63, 3.8) is 0 Å². The fraction of sp³-hybridized carbons (Fsp3) is 0.429. The highest BCUT2D eigenvalue weighted by atomic mass is 16.5. The molecule has 4 rings (SSSR count). The Balaban J connectivity index is 1.42. The molecule has 0 bridgehead atoms. The highest BCUT2D eigenvalue weighted by Crippen LogP contribution is 2.19. The van der Waals surface area contributed by atoms with E-state index in [0.717, 1.165) is 50.5 Å². The number of morpholine rings is 1. The Hall–Kier alpha value is -2.28. The lowest BCUT2D eigenvalue weighted by molar-refractivity contribution is 0.0341. The van der Waals surface area contributed by atoms with E-state index in [9.17, 15) is 4.79 Å². The second-order valence-corrected chi connectivity index (χ2v) is 7.05. The van der Waals surface area contributed by atoms with Crippen LogP contribution in [0.2, 0.25) is 0 Å². The lowest BCUT2D eigenvalue weighted by Crippen LogP contribution is -2.35. The molecular formula is C21H25N3O3. The SMILES string of the molecule is O=C(N[C@@H]1CCOC1)c1cccc(-c2ccc(CN3CCOCC3)cn2)c1. The van der Waals surface area contributed by atoms with Crippen molar-refractivity contribution in [2.24, 2.45) is 0 Å². The summed E-state index contributed by atoms with van der Waals surface area (Å²) in [6.07, 6.45) is 2.80. The van der Waals surface area contributed by atoms with Gasteiger partial charge >= 0.3 is 0 Å². The Labute approximate surface area is 159 Å². The second-order valence-electron chi connectivity index (χ2n) is 7.05. The maximum Gasteiger partial charge on any atom is 0.251 e. The molecule has 3 heterocycles. The highest BCUT2D eigenvalue weighted by molar-refractivity contribution is 5.95. The summed E-state index contributed by atoms with van der Waals surface area (Å²) in [5.74, 6) is -0.0590. The first-order chi connectivity index (χ1) is 13.3. The lowest BCUT2D eigenvalue weighted by atomic mass is 10.1. The van der Waals surface area contributed by atoms with E-state index in [0.29, 0.717) is 18.8 Å². The molecule has 1 atom stereocenters. The summed E-state index contributed by atoms with van der Waals surface area (Å²) < 4.78 is 10.7. The summed E-state index contributed by atoms with van der Waals surface area (Å²) >= 11 is 0. The maximum absolute atomic E-state index is 12.5. The predicted octanol–water partition coefficient (Wildman–Crippen LogP) is 2.10. The molecule has 2 saturated heterocycles. The lowest BCUT2D eigenvalue weighted by Gasteiger charge is -2.26. The van der Waals surface area contributed by atoms with E-state index >= 15 is 0 Å². The normalized spacial score (nSPS) is 20.5. The van der Waals surface area contributed by atoms with Crippen molar-refractivity contribution >= 4 is 5.91 Å². The summed E-state index contributed by atoms with van der Waals surface area (Å²) in [6.45, 7) is 5.72. The van der Waals surface area contributed by atoms with E-state index in [-0.39, 0.29) is 11.9 Å². The average molecular weight is 367 g/mol. The van der Waals surface area contributed by atoms with Gasteiger partial charge in [0.15, 0.2) is 0 Å². The van der Waals surface area contributed by atoms with Gasteiger partial charge in [0, 0.05) is 43.6 Å². The zero-order valence-electron chi connectivity index (χ0n) is 15.4. The van der Waals surface area contributed by atoms with E-state index in [2.05, 4.69) is 21.3 Å². The number of aromatic nitrogens is 1. The van der Waals surface area contributed by atoms with Gasteiger partial charge < -0.3 is 14.8 Å². The van der Waals surface area contributed by atoms with Crippen LogP contribution in [0.25, 0.3) is 11.3 Å². The fourth-order valence-electron chi connectivity index (χ4n) is 3.44. The molecule has 0 radical (unpaired) electrons. The van der Waals surface area contributed by atoms with Gasteiger partial charge in [0.05, 0.1) is 31.6 Å². The number of amides is 1. The van der Waals surface area contributed by atoms with E-state index in [4.69, 9.17) is 9.47 Å². The minimum Gasteiger partial charge on any atom is -0.379 e. The number of carbonyl (C=O) groups is 1. The molecular weight excluding hydrogens is 342 g/mol. The molecule has 2 aliphatic rings. The number of rotatable bonds is 5. The van der Waals surface area contributed by atoms with Crippen LogP contribution in [0.15, 0.2) is 42.6 Å². The van der Waals surface area contributed by atoms with E-state index in [1.807, 2.05) is 36.5 Å². The number of hydrogen-bond acceptors (Lipinski definition) is 5. The van der Waals surface area contributed by atoms with Gasteiger partial charge in [-0.25, -0.2) is 0 Å². The van der Waals surface area contributed by atoms with Crippen LogP contribution in [0.1, 0.15) is 22.3 Å². The quantitative estimate of drug-likeness (QED) is 0.877. The third-order valence-corrected chi connectivity index (χ3v) is 5.02. The minimum atomic E-state index is -0.0590. The Morgan fingerprint density at radius 3 is 2.78 bits per heavy atom. The van der Waals surface area contributed by atoms with Gasteiger partial charge in [-0.1, -0.05) is 18.2 Å². The molecule has 6 heteroatoms. The van der Waals surface area contributed by atoms with Crippen molar-refractivity contribution in [2.45, 2.75) is 19.0 Å². The maximum atomic E-state index is 12.5. The van der Waals surface area contributed by atoms with Crippen LogP contribution in [-0.4, -0.2) is 61.3 Å². The largest absolute Gasteiger partial charge is 0.379 e. The monoisotopic (exact) mass is 367 g/mol. The molecule has 1 aromatic heterocycles. The van der Waals surface area contributed by atoms with Crippen molar-refractivity contribution in [3.05, 3.63) is 53.7 Å². The molecule has 2 aromatic rings. The van der Waals surface area contributed by atoms with Crippen LogP contribution < -0.4 is 5.32 Å². The number of nitrogens with one attached hydrogen (secondary N) is 1. The van der Waals surface area contributed by atoms with Gasteiger partial charge in [-0.05, 0) is 30.2 Å². The second kappa shape index (κ2) is 8.61. The van der Waals surface area contributed by atoms with Crippen molar-refractivity contribution < 1.29 is 14.3 Å². The first kappa shape index (κ1) is 18.1. The highest BCUT2D eigenvalue weighted by Gasteiger charge is 2.19. The van der Waals surface area contributed by atoms with Crippen molar-refractivity contribution in [2.75, 3.05) is 39.5 Å². The number of hydrogen-bond donors (Lipinski definition) is 1. The first-order valence-electron chi connectivity index (χ1n) is 9.52. The summed E-state index contributed by atoms with van der Waals surface area (Å²) in [7, 11) is 0. The van der Waals surface area contributed by atoms with Crippen LogP contribution in [-0.2, 0) is 16.0 Å². The number of pyridine rings is 1. The summed E-state index contributed by atoms with van der Waals surface area (Å²) in [6, 6.07) is 11.9. The number of nitrogens with zero attached hydrogens (tertiary/aromatic N) is 2. The molecule has 142 valence electrons. The smallest absolute Gasteiger partial charge is 0.251 e. The molecule has 0 unspecified atom stereocenters. The standard InChI is InChI=1S/C21H25N3O3/c25-21(23-19-6-9-27-15-19)18-3-1-2-17(12-18)20-5-4-16(13-22-20)14-24-7-10-26-11-8-24/h1-5,12-13,19H,6-11,14-15H2,(H,23,25)/t19-/m1/s1. The molecule has 0 saturated carbocycles. The van der Waals surface area contributed by atoms with Crippen LogP contribution >= 0.6 is 0 Å².